The van der Waals surface area contributed by atoms with Crippen molar-refractivity contribution < 1.29 is 9.53 Å². The molecule has 1 aromatic carbocycles. The summed E-state index contributed by atoms with van der Waals surface area (Å²) < 4.78 is 5.21. The molecule has 0 saturated carbocycles. The van der Waals surface area contributed by atoms with Crippen LogP contribution in [-0.2, 0) is 0 Å². The first kappa shape index (κ1) is 15.3. The number of nitrogens with zero attached hydrogens (tertiary/aromatic N) is 2. The molecule has 1 N–H and O–H groups in total. The Hall–Kier alpha value is -2.56. The molecule has 0 bridgehead atoms. The Labute approximate surface area is 136 Å². The third-order valence-corrected chi connectivity index (χ3v) is 4.05. The smallest absolute Gasteiger partial charge is 0.259 e. The molecule has 1 saturated heterocycles. The maximum Gasteiger partial charge on any atom is 0.259 e. The summed E-state index contributed by atoms with van der Waals surface area (Å²) in [6.07, 6.45) is 3.67. The molecule has 2 heterocycles. The predicted octanol–water partition coefficient (Wildman–Crippen LogP) is 2.81. The fraction of sp³-hybridized carbons (Fsp3) is 0.333. The van der Waals surface area contributed by atoms with E-state index in [0.29, 0.717) is 18.0 Å². The van der Waals surface area contributed by atoms with Gasteiger partial charge in [-0.25, -0.2) is 4.98 Å². The number of ether oxygens (including phenoxy) is 1. The molecule has 23 heavy (non-hydrogen) atoms. The SMILES string of the molecule is COc1ncccc1C(=O)N1CCC[C@H](Nc2ccccc2)C1. The summed E-state index contributed by atoms with van der Waals surface area (Å²) in [7, 11) is 1.54. The molecule has 1 fully saturated rings. The zero-order valence-electron chi connectivity index (χ0n) is 13.2. The zero-order valence-corrected chi connectivity index (χ0v) is 13.2. The second kappa shape index (κ2) is 7.13. The van der Waals surface area contributed by atoms with Gasteiger partial charge >= 0.3 is 0 Å². The van der Waals surface area contributed by atoms with Crippen molar-refractivity contribution in [2.24, 2.45) is 0 Å². The topological polar surface area (TPSA) is 54.5 Å². The van der Waals surface area contributed by atoms with Crippen molar-refractivity contribution in [2.45, 2.75) is 18.9 Å². The summed E-state index contributed by atoms with van der Waals surface area (Å²) in [6, 6.07) is 13.9. The average Bonchev–Trinajstić information content (AvgIpc) is 2.62. The summed E-state index contributed by atoms with van der Waals surface area (Å²) in [6.45, 7) is 1.45. The van der Waals surface area contributed by atoms with Gasteiger partial charge in [-0.2, -0.15) is 0 Å². The second-order valence-corrected chi connectivity index (χ2v) is 5.66. The van der Waals surface area contributed by atoms with Crippen LogP contribution in [0.2, 0.25) is 0 Å². The minimum Gasteiger partial charge on any atom is -0.480 e. The molecule has 5 heteroatoms. The van der Waals surface area contributed by atoms with Crippen molar-refractivity contribution in [1.29, 1.82) is 0 Å². The number of hydrogen-bond acceptors (Lipinski definition) is 4. The number of carbonyl (C=O) groups is 1. The van der Waals surface area contributed by atoms with Crippen LogP contribution in [0, 0.1) is 0 Å². The van der Waals surface area contributed by atoms with Gasteiger partial charge in [0.15, 0.2) is 0 Å². The third-order valence-electron chi connectivity index (χ3n) is 4.05. The number of piperidine rings is 1. The van der Waals surface area contributed by atoms with Gasteiger partial charge in [-0.3, -0.25) is 4.79 Å². The highest BCUT2D eigenvalue weighted by molar-refractivity contribution is 5.96. The van der Waals surface area contributed by atoms with Gasteiger partial charge in [0, 0.05) is 31.0 Å². The number of likely N-dealkylation sites (tertiary alicyclic amines) is 1. The molecule has 1 aliphatic rings. The normalized spacial score (nSPS) is 17.6. The third kappa shape index (κ3) is 3.62. The van der Waals surface area contributed by atoms with E-state index in [1.54, 1.807) is 18.3 Å². The van der Waals surface area contributed by atoms with Gasteiger partial charge < -0.3 is 15.0 Å². The summed E-state index contributed by atoms with van der Waals surface area (Å²) in [5.41, 5.74) is 1.61. The molecular formula is C18H21N3O2. The number of methoxy groups -OCH3 is 1. The van der Waals surface area contributed by atoms with Gasteiger partial charge in [0.05, 0.1) is 7.11 Å². The quantitative estimate of drug-likeness (QED) is 0.943. The molecule has 0 radical (unpaired) electrons. The van der Waals surface area contributed by atoms with Crippen LogP contribution in [0.4, 0.5) is 5.69 Å². The summed E-state index contributed by atoms with van der Waals surface area (Å²) in [4.78, 5) is 18.7. The monoisotopic (exact) mass is 311 g/mol. The Morgan fingerprint density at radius 3 is 2.87 bits per heavy atom. The lowest BCUT2D eigenvalue weighted by Crippen LogP contribution is -2.45. The van der Waals surface area contributed by atoms with Crippen molar-refractivity contribution in [2.75, 3.05) is 25.5 Å². The lowest BCUT2D eigenvalue weighted by Gasteiger charge is -2.34. The first-order valence-corrected chi connectivity index (χ1v) is 7.88. The Balaban J connectivity index is 1.69. The molecule has 1 aromatic heterocycles. The Morgan fingerprint density at radius 1 is 1.26 bits per heavy atom. The minimum atomic E-state index is -0.0190. The molecule has 1 atom stereocenters. The maximum absolute atomic E-state index is 12.8. The Morgan fingerprint density at radius 2 is 2.09 bits per heavy atom. The number of anilines is 1. The highest BCUT2D eigenvalue weighted by Gasteiger charge is 2.26. The van der Waals surface area contributed by atoms with Crippen LogP contribution in [0.1, 0.15) is 23.2 Å². The highest BCUT2D eigenvalue weighted by Crippen LogP contribution is 2.21. The molecule has 5 nitrogen and oxygen atoms in total. The molecule has 0 spiro atoms. The number of para-hydroxylation sites is 1. The second-order valence-electron chi connectivity index (χ2n) is 5.66. The number of pyridine rings is 1. The number of nitrogens with one attached hydrogen (secondary N) is 1. The summed E-state index contributed by atoms with van der Waals surface area (Å²) in [5.74, 6) is 0.366. The molecule has 2 aromatic rings. The molecule has 3 rings (SSSR count). The van der Waals surface area contributed by atoms with Crippen LogP contribution in [-0.4, -0.2) is 42.0 Å². The molecule has 1 aliphatic heterocycles. The Bertz CT molecular complexity index is 660. The van der Waals surface area contributed by atoms with Gasteiger partial charge in [-0.15, -0.1) is 0 Å². The maximum atomic E-state index is 12.8. The molecule has 1 amide bonds. The van der Waals surface area contributed by atoms with Crippen LogP contribution in [0.5, 0.6) is 5.88 Å². The van der Waals surface area contributed by atoms with Crippen LogP contribution in [0.15, 0.2) is 48.7 Å². The average molecular weight is 311 g/mol. The van der Waals surface area contributed by atoms with E-state index in [1.165, 1.54) is 7.11 Å². The van der Waals surface area contributed by atoms with Crippen molar-refractivity contribution >= 4 is 11.6 Å². The van der Waals surface area contributed by atoms with Gasteiger partial charge in [-0.05, 0) is 37.1 Å². The summed E-state index contributed by atoms with van der Waals surface area (Å²) in [5, 5.41) is 3.50. The number of aromatic nitrogens is 1. The van der Waals surface area contributed by atoms with Crippen LogP contribution in [0.3, 0.4) is 0 Å². The number of rotatable bonds is 4. The minimum absolute atomic E-state index is 0.0190. The largest absolute Gasteiger partial charge is 0.480 e. The van der Waals surface area contributed by atoms with Crippen LogP contribution >= 0.6 is 0 Å². The number of carbonyl (C=O) groups excluding carboxylic acids is 1. The van der Waals surface area contributed by atoms with E-state index in [9.17, 15) is 4.79 Å². The molecule has 120 valence electrons. The Kier molecular flexibility index (Phi) is 4.76. The molecule has 0 unspecified atom stereocenters. The van der Waals surface area contributed by atoms with Gasteiger partial charge in [-0.1, -0.05) is 18.2 Å². The zero-order chi connectivity index (χ0) is 16.1. The van der Waals surface area contributed by atoms with E-state index in [0.717, 1.165) is 25.1 Å². The van der Waals surface area contributed by atoms with Crippen LogP contribution in [0.25, 0.3) is 0 Å². The number of amides is 1. The van der Waals surface area contributed by atoms with Crippen molar-refractivity contribution in [3.05, 3.63) is 54.2 Å². The van der Waals surface area contributed by atoms with E-state index >= 15 is 0 Å². The van der Waals surface area contributed by atoms with Gasteiger partial charge in [0.25, 0.3) is 5.91 Å². The number of hydrogen-bond donors (Lipinski definition) is 1. The van der Waals surface area contributed by atoms with E-state index < -0.39 is 0 Å². The first-order chi connectivity index (χ1) is 11.3. The summed E-state index contributed by atoms with van der Waals surface area (Å²) >= 11 is 0. The lowest BCUT2D eigenvalue weighted by atomic mass is 10.0. The van der Waals surface area contributed by atoms with Gasteiger partial charge in [0.2, 0.25) is 5.88 Å². The molecule has 0 aliphatic carbocycles. The molecular weight excluding hydrogens is 290 g/mol. The van der Waals surface area contributed by atoms with Crippen LogP contribution < -0.4 is 10.1 Å². The number of benzene rings is 1. The van der Waals surface area contributed by atoms with Crippen molar-refractivity contribution in [3.8, 4) is 5.88 Å². The van der Waals surface area contributed by atoms with E-state index in [2.05, 4.69) is 10.3 Å². The first-order valence-electron chi connectivity index (χ1n) is 7.88. The van der Waals surface area contributed by atoms with E-state index in [4.69, 9.17) is 4.74 Å². The fourth-order valence-corrected chi connectivity index (χ4v) is 2.94. The lowest BCUT2D eigenvalue weighted by molar-refractivity contribution is 0.0710. The van der Waals surface area contributed by atoms with Crippen molar-refractivity contribution in [3.63, 3.8) is 0 Å². The highest BCUT2D eigenvalue weighted by atomic mass is 16.5. The van der Waals surface area contributed by atoms with E-state index in [-0.39, 0.29) is 11.9 Å². The van der Waals surface area contributed by atoms with Crippen molar-refractivity contribution in [1.82, 2.24) is 9.88 Å². The van der Waals surface area contributed by atoms with Gasteiger partial charge in [0.1, 0.15) is 5.56 Å². The fourth-order valence-electron chi connectivity index (χ4n) is 2.94. The predicted molar refractivity (Wildman–Crippen MR) is 89.8 cm³/mol. The van der Waals surface area contributed by atoms with E-state index in [1.807, 2.05) is 35.2 Å². The standard InChI is InChI=1S/C18H21N3O2/c1-23-17-16(10-5-11-19-17)18(22)21-12-6-9-15(13-21)20-14-7-3-2-4-8-14/h2-5,7-8,10-11,15,20H,6,9,12-13H2,1H3/t15-/m0/s1.